The van der Waals surface area contributed by atoms with Crippen LogP contribution < -0.4 is 5.73 Å². The Morgan fingerprint density at radius 3 is 2.80 bits per heavy atom. The lowest BCUT2D eigenvalue weighted by Gasteiger charge is -2.12. The van der Waals surface area contributed by atoms with Gasteiger partial charge >= 0.3 is 0 Å². The molecule has 110 valence electrons. The van der Waals surface area contributed by atoms with Crippen LogP contribution in [0.15, 0.2) is 18.2 Å². The molecule has 0 bridgehead atoms. The Balaban J connectivity index is 1.82. The van der Waals surface area contributed by atoms with Gasteiger partial charge in [0.2, 0.25) is 0 Å². The SMILES string of the molecule is CCC(CCN)CCC(=O)Cc1ccc2c(c1)CCC2. The molecule has 1 aliphatic rings. The molecule has 0 saturated carbocycles. The Morgan fingerprint density at radius 1 is 1.25 bits per heavy atom. The molecule has 1 unspecified atom stereocenters. The average Bonchev–Trinajstić information content (AvgIpc) is 2.91. The van der Waals surface area contributed by atoms with Crippen molar-refractivity contribution >= 4 is 5.78 Å². The van der Waals surface area contributed by atoms with Crippen molar-refractivity contribution in [2.24, 2.45) is 11.7 Å². The van der Waals surface area contributed by atoms with Crippen LogP contribution in [0.5, 0.6) is 0 Å². The molecular formula is C18H27NO. The van der Waals surface area contributed by atoms with Gasteiger partial charge in [-0.15, -0.1) is 0 Å². The monoisotopic (exact) mass is 273 g/mol. The summed E-state index contributed by atoms with van der Waals surface area (Å²) in [4.78, 5) is 12.1. The number of nitrogens with two attached hydrogens (primary N) is 1. The molecule has 0 saturated heterocycles. The third kappa shape index (κ3) is 4.17. The fourth-order valence-electron chi connectivity index (χ4n) is 3.20. The molecule has 1 aromatic carbocycles. The molecule has 1 atom stereocenters. The van der Waals surface area contributed by atoms with Crippen molar-refractivity contribution in [2.75, 3.05) is 6.54 Å². The van der Waals surface area contributed by atoms with Gasteiger partial charge in [-0.25, -0.2) is 0 Å². The lowest BCUT2D eigenvalue weighted by atomic mass is 9.93. The first-order valence-corrected chi connectivity index (χ1v) is 8.05. The number of hydrogen-bond acceptors (Lipinski definition) is 2. The van der Waals surface area contributed by atoms with Gasteiger partial charge in [0.25, 0.3) is 0 Å². The second-order valence-corrected chi connectivity index (χ2v) is 6.06. The molecule has 20 heavy (non-hydrogen) atoms. The van der Waals surface area contributed by atoms with Crippen LogP contribution in [-0.2, 0) is 24.1 Å². The molecule has 0 fully saturated rings. The molecule has 1 aliphatic carbocycles. The number of benzene rings is 1. The second kappa shape index (κ2) is 7.58. The lowest BCUT2D eigenvalue weighted by molar-refractivity contribution is -0.118. The smallest absolute Gasteiger partial charge is 0.137 e. The van der Waals surface area contributed by atoms with E-state index in [0.717, 1.165) is 25.8 Å². The van der Waals surface area contributed by atoms with Crippen LogP contribution in [0.2, 0.25) is 0 Å². The van der Waals surface area contributed by atoms with Gasteiger partial charge in [0.1, 0.15) is 5.78 Å². The Bertz CT molecular complexity index is 453. The fraction of sp³-hybridized carbons (Fsp3) is 0.611. The zero-order valence-electron chi connectivity index (χ0n) is 12.7. The number of carbonyl (C=O) groups is 1. The number of hydrogen-bond donors (Lipinski definition) is 1. The number of Topliss-reactive ketones (excluding diaryl/α,β-unsaturated/α-hetero) is 1. The summed E-state index contributed by atoms with van der Waals surface area (Å²) in [6.45, 7) is 2.92. The summed E-state index contributed by atoms with van der Waals surface area (Å²) in [6, 6.07) is 6.60. The van der Waals surface area contributed by atoms with Crippen LogP contribution in [0, 0.1) is 5.92 Å². The Kier molecular flexibility index (Phi) is 5.78. The van der Waals surface area contributed by atoms with Gasteiger partial charge in [0.05, 0.1) is 0 Å². The van der Waals surface area contributed by atoms with Crippen molar-refractivity contribution in [3.8, 4) is 0 Å². The number of rotatable bonds is 8. The van der Waals surface area contributed by atoms with Crippen LogP contribution in [0.4, 0.5) is 0 Å². The predicted molar refractivity (Wildman–Crippen MR) is 83.9 cm³/mol. The predicted octanol–water partition coefficient (Wildman–Crippen LogP) is 3.44. The summed E-state index contributed by atoms with van der Waals surface area (Å²) < 4.78 is 0. The molecule has 0 aliphatic heterocycles. The summed E-state index contributed by atoms with van der Waals surface area (Å²) in [5.41, 5.74) is 9.74. The quantitative estimate of drug-likeness (QED) is 0.788. The molecule has 2 heteroatoms. The normalized spacial score (nSPS) is 15.1. The number of aryl methyl sites for hydroxylation is 2. The molecule has 2 N–H and O–H groups in total. The van der Waals surface area contributed by atoms with E-state index in [9.17, 15) is 4.79 Å². The van der Waals surface area contributed by atoms with Gasteiger partial charge in [-0.2, -0.15) is 0 Å². The highest BCUT2D eigenvalue weighted by Crippen LogP contribution is 2.23. The van der Waals surface area contributed by atoms with Crippen LogP contribution in [-0.4, -0.2) is 12.3 Å². The minimum atomic E-state index is 0.374. The van der Waals surface area contributed by atoms with Crippen LogP contribution in [0.1, 0.15) is 55.7 Å². The van der Waals surface area contributed by atoms with Crippen LogP contribution in [0.3, 0.4) is 0 Å². The van der Waals surface area contributed by atoms with E-state index in [1.807, 2.05) is 0 Å². The van der Waals surface area contributed by atoms with E-state index in [-0.39, 0.29) is 0 Å². The summed E-state index contributed by atoms with van der Waals surface area (Å²) in [5.74, 6) is 0.988. The van der Waals surface area contributed by atoms with Crippen molar-refractivity contribution in [3.05, 3.63) is 34.9 Å². The number of fused-ring (bicyclic) bond motifs is 1. The number of carbonyl (C=O) groups excluding carboxylic acids is 1. The van der Waals surface area contributed by atoms with E-state index in [0.29, 0.717) is 24.5 Å². The van der Waals surface area contributed by atoms with Crippen molar-refractivity contribution < 1.29 is 4.79 Å². The molecule has 0 amide bonds. The first kappa shape index (κ1) is 15.2. The Hall–Kier alpha value is -1.15. The van der Waals surface area contributed by atoms with Gasteiger partial charge in [-0.1, -0.05) is 31.5 Å². The Labute approximate surface area is 122 Å². The fourth-order valence-corrected chi connectivity index (χ4v) is 3.20. The first-order valence-electron chi connectivity index (χ1n) is 8.05. The van der Waals surface area contributed by atoms with Gasteiger partial charge in [-0.05, 0) is 61.3 Å². The molecule has 0 aromatic heterocycles. The summed E-state index contributed by atoms with van der Waals surface area (Å²) in [7, 11) is 0. The maximum Gasteiger partial charge on any atom is 0.137 e. The minimum absolute atomic E-state index is 0.374. The average molecular weight is 273 g/mol. The van der Waals surface area contributed by atoms with Crippen LogP contribution >= 0.6 is 0 Å². The van der Waals surface area contributed by atoms with Crippen molar-refractivity contribution in [2.45, 2.75) is 58.3 Å². The van der Waals surface area contributed by atoms with E-state index >= 15 is 0 Å². The Morgan fingerprint density at radius 2 is 2.05 bits per heavy atom. The number of ketones is 1. The largest absolute Gasteiger partial charge is 0.330 e. The zero-order valence-corrected chi connectivity index (χ0v) is 12.7. The van der Waals surface area contributed by atoms with Crippen LogP contribution in [0.25, 0.3) is 0 Å². The molecule has 2 rings (SSSR count). The highest BCUT2D eigenvalue weighted by Gasteiger charge is 2.13. The van der Waals surface area contributed by atoms with E-state index in [2.05, 4.69) is 25.1 Å². The molecule has 0 spiro atoms. The standard InChI is InChI=1S/C18H27NO/c1-2-14(10-11-19)7-9-18(20)13-15-6-8-16-4-3-5-17(16)12-15/h6,8,12,14H,2-5,7,9-11,13,19H2,1H3. The van der Waals surface area contributed by atoms with Gasteiger partial charge in [0, 0.05) is 12.8 Å². The van der Waals surface area contributed by atoms with Crippen molar-refractivity contribution in [1.29, 1.82) is 0 Å². The van der Waals surface area contributed by atoms with E-state index < -0.39 is 0 Å². The van der Waals surface area contributed by atoms with Crippen molar-refractivity contribution in [3.63, 3.8) is 0 Å². The second-order valence-electron chi connectivity index (χ2n) is 6.06. The summed E-state index contributed by atoms with van der Waals surface area (Å²) in [6.07, 6.45) is 8.14. The van der Waals surface area contributed by atoms with E-state index in [1.165, 1.54) is 36.0 Å². The van der Waals surface area contributed by atoms with Gasteiger partial charge < -0.3 is 5.73 Å². The molecule has 0 heterocycles. The summed E-state index contributed by atoms with van der Waals surface area (Å²) >= 11 is 0. The topological polar surface area (TPSA) is 43.1 Å². The van der Waals surface area contributed by atoms with Gasteiger partial charge in [0.15, 0.2) is 0 Å². The molecular weight excluding hydrogens is 246 g/mol. The van der Waals surface area contributed by atoms with E-state index in [4.69, 9.17) is 5.73 Å². The zero-order chi connectivity index (χ0) is 14.4. The third-order valence-corrected chi connectivity index (χ3v) is 4.55. The summed E-state index contributed by atoms with van der Waals surface area (Å²) in [5, 5.41) is 0. The highest BCUT2D eigenvalue weighted by molar-refractivity contribution is 5.80. The first-order chi connectivity index (χ1) is 9.72. The maximum absolute atomic E-state index is 12.1. The maximum atomic E-state index is 12.1. The van der Waals surface area contributed by atoms with E-state index in [1.54, 1.807) is 0 Å². The third-order valence-electron chi connectivity index (χ3n) is 4.55. The van der Waals surface area contributed by atoms with Gasteiger partial charge in [-0.3, -0.25) is 4.79 Å². The lowest BCUT2D eigenvalue weighted by Crippen LogP contribution is -2.11. The molecule has 1 aromatic rings. The minimum Gasteiger partial charge on any atom is -0.330 e. The van der Waals surface area contributed by atoms with Crippen molar-refractivity contribution in [1.82, 2.24) is 0 Å². The highest BCUT2D eigenvalue weighted by atomic mass is 16.1. The molecule has 2 nitrogen and oxygen atoms in total. The molecule has 0 radical (unpaired) electrons.